The maximum atomic E-state index is 11.9. The van der Waals surface area contributed by atoms with Gasteiger partial charge in [-0.15, -0.1) is 0 Å². The molecule has 0 saturated carbocycles. The van der Waals surface area contributed by atoms with E-state index in [9.17, 15) is 18.0 Å². The summed E-state index contributed by atoms with van der Waals surface area (Å²) in [5, 5.41) is 1.92. The minimum absolute atomic E-state index is 0.00147. The molecule has 1 aromatic heterocycles. The Hall–Kier alpha value is -1.37. The van der Waals surface area contributed by atoms with Crippen molar-refractivity contribution in [1.29, 1.82) is 0 Å². The summed E-state index contributed by atoms with van der Waals surface area (Å²) in [7, 11) is 0. The van der Waals surface area contributed by atoms with Crippen molar-refractivity contribution in [3.8, 4) is 0 Å². The molecule has 16 heavy (non-hydrogen) atoms. The number of aryl methyl sites for hydroxylation is 1. The molecule has 1 amide bonds. The Bertz CT molecular complexity index is 388. The van der Waals surface area contributed by atoms with Gasteiger partial charge in [-0.1, -0.05) is 11.6 Å². The van der Waals surface area contributed by atoms with E-state index in [1.54, 1.807) is 0 Å². The van der Waals surface area contributed by atoms with Crippen LogP contribution in [0.5, 0.6) is 0 Å². The zero-order chi connectivity index (χ0) is 12.3. The molecule has 0 aromatic carbocycles. The van der Waals surface area contributed by atoms with Crippen molar-refractivity contribution in [2.45, 2.75) is 19.5 Å². The van der Waals surface area contributed by atoms with Gasteiger partial charge in [-0.2, -0.15) is 13.2 Å². The quantitative estimate of drug-likeness (QED) is 0.823. The molecule has 0 aliphatic carbocycles. The van der Waals surface area contributed by atoms with Crippen LogP contribution in [0.2, 0.25) is 5.15 Å². The lowest BCUT2D eigenvalue weighted by Crippen LogP contribution is -2.22. The largest absolute Gasteiger partial charge is 0.397 e. The number of hydrogen-bond acceptors (Lipinski definition) is 3. The predicted octanol–water partition coefficient (Wildman–Crippen LogP) is 2.33. The molecule has 0 aliphatic heterocycles. The van der Waals surface area contributed by atoms with Gasteiger partial charge >= 0.3 is 6.18 Å². The zero-order valence-electron chi connectivity index (χ0n) is 8.10. The van der Waals surface area contributed by atoms with Crippen LogP contribution < -0.4 is 5.32 Å². The van der Waals surface area contributed by atoms with Crippen LogP contribution in [-0.2, 0) is 4.79 Å². The first kappa shape index (κ1) is 12.7. The molecule has 0 spiro atoms. The van der Waals surface area contributed by atoms with Crippen molar-refractivity contribution >= 4 is 23.2 Å². The van der Waals surface area contributed by atoms with E-state index in [1.807, 2.05) is 5.32 Å². The summed E-state index contributed by atoms with van der Waals surface area (Å²) >= 11 is 5.60. The molecule has 0 saturated heterocycles. The molecule has 0 unspecified atom stereocenters. The molecule has 1 rings (SSSR count). The normalized spacial score (nSPS) is 11.3. The SMILES string of the molecule is Cc1ncnc(Cl)c1NC(=O)CC(F)(F)F. The minimum Gasteiger partial charge on any atom is -0.322 e. The Morgan fingerprint density at radius 2 is 2.12 bits per heavy atom. The van der Waals surface area contributed by atoms with E-state index in [1.165, 1.54) is 6.92 Å². The zero-order valence-corrected chi connectivity index (χ0v) is 8.85. The molecule has 0 fully saturated rings. The number of nitrogens with zero attached hydrogens (tertiary/aromatic N) is 2. The number of alkyl halides is 3. The summed E-state index contributed by atoms with van der Waals surface area (Å²) in [4.78, 5) is 18.2. The highest BCUT2D eigenvalue weighted by molar-refractivity contribution is 6.32. The van der Waals surface area contributed by atoms with Crippen LogP contribution in [0, 0.1) is 6.92 Å². The van der Waals surface area contributed by atoms with Gasteiger partial charge in [-0.3, -0.25) is 4.79 Å². The molecular weight excluding hydrogens is 247 g/mol. The van der Waals surface area contributed by atoms with Crippen LogP contribution in [0.3, 0.4) is 0 Å². The maximum Gasteiger partial charge on any atom is 0.397 e. The molecule has 0 radical (unpaired) electrons. The third kappa shape index (κ3) is 3.65. The number of carbonyl (C=O) groups is 1. The van der Waals surface area contributed by atoms with Gasteiger partial charge in [0.05, 0.1) is 5.69 Å². The van der Waals surface area contributed by atoms with Crippen LogP contribution >= 0.6 is 11.6 Å². The lowest BCUT2D eigenvalue weighted by Gasteiger charge is -2.09. The Labute approximate surface area is 93.8 Å². The van der Waals surface area contributed by atoms with Gasteiger partial charge in [-0.25, -0.2) is 9.97 Å². The molecule has 1 N–H and O–H groups in total. The molecule has 1 aromatic rings. The van der Waals surface area contributed by atoms with Crippen molar-refractivity contribution in [2.24, 2.45) is 0 Å². The molecule has 0 aliphatic rings. The summed E-state index contributed by atoms with van der Waals surface area (Å²) in [6, 6.07) is 0. The monoisotopic (exact) mass is 253 g/mol. The maximum absolute atomic E-state index is 11.9. The fraction of sp³-hybridized carbons (Fsp3) is 0.375. The third-order valence-corrected chi connectivity index (χ3v) is 1.90. The average Bonchev–Trinajstić information content (AvgIpc) is 2.08. The summed E-state index contributed by atoms with van der Waals surface area (Å²) < 4.78 is 35.7. The van der Waals surface area contributed by atoms with Crippen molar-refractivity contribution in [3.05, 3.63) is 17.2 Å². The standard InChI is InChI=1S/C8H7ClF3N3O/c1-4-6(7(9)14-3-13-4)15-5(16)2-8(10,11)12/h3H,2H2,1H3,(H,15,16). The van der Waals surface area contributed by atoms with E-state index in [2.05, 4.69) is 9.97 Å². The number of halogens is 4. The Kier molecular flexibility index (Phi) is 3.69. The smallest absolute Gasteiger partial charge is 0.322 e. The van der Waals surface area contributed by atoms with Crippen molar-refractivity contribution in [1.82, 2.24) is 9.97 Å². The number of rotatable bonds is 2. The number of hydrogen-bond donors (Lipinski definition) is 1. The summed E-state index contributed by atoms with van der Waals surface area (Å²) in [5.41, 5.74) is 0.300. The lowest BCUT2D eigenvalue weighted by molar-refractivity contribution is -0.150. The van der Waals surface area contributed by atoms with Gasteiger partial charge in [0, 0.05) is 0 Å². The van der Waals surface area contributed by atoms with Crippen molar-refractivity contribution < 1.29 is 18.0 Å². The Morgan fingerprint density at radius 3 is 2.62 bits per heavy atom. The topological polar surface area (TPSA) is 54.9 Å². The highest BCUT2D eigenvalue weighted by Crippen LogP contribution is 2.24. The molecular formula is C8H7ClF3N3O. The first-order valence-corrected chi connectivity index (χ1v) is 4.51. The first-order chi connectivity index (χ1) is 7.29. The highest BCUT2D eigenvalue weighted by Gasteiger charge is 2.31. The van der Waals surface area contributed by atoms with E-state index < -0.39 is 18.5 Å². The average molecular weight is 254 g/mol. The molecule has 1 heterocycles. The van der Waals surface area contributed by atoms with Crippen molar-refractivity contribution in [3.63, 3.8) is 0 Å². The van der Waals surface area contributed by atoms with E-state index in [-0.39, 0.29) is 10.8 Å². The number of amides is 1. The number of nitrogens with one attached hydrogen (secondary N) is 1. The van der Waals surface area contributed by atoms with E-state index in [4.69, 9.17) is 11.6 Å². The molecule has 0 bridgehead atoms. The van der Waals surface area contributed by atoms with Crippen molar-refractivity contribution in [2.75, 3.05) is 5.32 Å². The lowest BCUT2D eigenvalue weighted by atomic mass is 10.3. The minimum atomic E-state index is -4.56. The van der Waals surface area contributed by atoms with Crippen LogP contribution in [0.4, 0.5) is 18.9 Å². The van der Waals surface area contributed by atoms with E-state index in [0.717, 1.165) is 6.33 Å². The first-order valence-electron chi connectivity index (χ1n) is 4.13. The second-order valence-electron chi connectivity index (χ2n) is 2.97. The molecule has 0 atom stereocenters. The molecule has 88 valence electrons. The number of carbonyl (C=O) groups excluding carboxylic acids is 1. The number of anilines is 1. The fourth-order valence-electron chi connectivity index (χ4n) is 0.952. The summed E-state index contributed by atoms with van der Waals surface area (Å²) in [6.45, 7) is 1.50. The predicted molar refractivity (Wildman–Crippen MR) is 51.1 cm³/mol. The second kappa shape index (κ2) is 4.65. The third-order valence-electron chi connectivity index (χ3n) is 1.62. The van der Waals surface area contributed by atoms with Gasteiger partial charge < -0.3 is 5.32 Å². The fourth-order valence-corrected chi connectivity index (χ4v) is 1.18. The van der Waals surface area contributed by atoms with Crippen LogP contribution in [0.25, 0.3) is 0 Å². The van der Waals surface area contributed by atoms with Gasteiger partial charge in [0.25, 0.3) is 0 Å². The van der Waals surface area contributed by atoms with Gasteiger partial charge in [0.1, 0.15) is 18.4 Å². The Balaban J connectivity index is 2.78. The van der Waals surface area contributed by atoms with Crippen LogP contribution in [0.15, 0.2) is 6.33 Å². The van der Waals surface area contributed by atoms with Gasteiger partial charge in [0.2, 0.25) is 5.91 Å². The molecule has 4 nitrogen and oxygen atoms in total. The molecule has 8 heteroatoms. The van der Waals surface area contributed by atoms with E-state index >= 15 is 0 Å². The summed E-state index contributed by atoms with van der Waals surface area (Å²) in [6.07, 6.45) is -4.98. The van der Waals surface area contributed by atoms with Crippen LogP contribution in [-0.4, -0.2) is 22.1 Å². The number of aromatic nitrogens is 2. The van der Waals surface area contributed by atoms with E-state index in [0.29, 0.717) is 5.69 Å². The van der Waals surface area contributed by atoms with Crippen LogP contribution in [0.1, 0.15) is 12.1 Å². The Morgan fingerprint density at radius 1 is 1.50 bits per heavy atom. The highest BCUT2D eigenvalue weighted by atomic mass is 35.5. The van der Waals surface area contributed by atoms with Gasteiger partial charge in [-0.05, 0) is 6.92 Å². The van der Waals surface area contributed by atoms with Gasteiger partial charge in [0.15, 0.2) is 5.15 Å². The second-order valence-corrected chi connectivity index (χ2v) is 3.32. The summed E-state index contributed by atoms with van der Waals surface area (Å²) in [5.74, 6) is -1.20.